The van der Waals surface area contributed by atoms with Crippen LogP contribution in [0.2, 0.25) is 0 Å². The van der Waals surface area contributed by atoms with E-state index in [9.17, 15) is 10.1 Å². The van der Waals surface area contributed by atoms with Crippen LogP contribution in [0.4, 0.5) is 5.69 Å². The molecule has 0 unspecified atom stereocenters. The van der Waals surface area contributed by atoms with Crippen LogP contribution >= 0.6 is 0 Å². The number of hydrogen-bond acceptors (Lipinski definition) is 5. The number of allylic oxidation sites excluding steroid dienone is 1. The van der Waals surface area contributed by atoms with E-state index < -0.39 is 0 Å². The smallest absolute Gasteiger partial charge is 0.179 e. The van der Waals surface area contributed by atoms with Gasteiger partial charge in [0.25, 0.3) is 0 Å². The lowest BCUT2D eigenvalue weighted by atomic mass is 9.85. The van der Waals surface area contributed by atoms with Gasteiger partial charge < -0.3 is 15.5 Å². The number of benzene rings is 1. The second-order valence-electron chi connectivity index (χ2n) is 8.43. The molecule has 2 saturated heterocycles. The molecule has 5 rings (SSSR count). The molecule has 4 aliphatic rings. The van der Waals surface area contributed by atoms with Gasteiger partial charge in [-0.3, -0.25) is 4.79 Å². The summed E-state index contributed by atoms with van der Waals surface area (Å²) in [6.45, 7) is 3.64. The first-order valence-corrected chi connectivity index (χ1v) is 9.65. The van der Waals surface area contributed by atoms with Gasteiger partial charge in [0.05, 0.1) is 5.70 Å². The number of hydrogen-bond donors (Lipinski definition) is 1. The standard InChI is InChI=1S/C21H24N4O/c22-11-18-19(26)9-14-1-2-16(25-12-15(23)13-25)10-17(14)20(18)24-7-5-21(3-4-21)6-8-24/h1-2,10,15H,3-9,12-13,23H2. The maximum atomic E-state index is 12.6. The summed E-state index contributed by atoms with van der Waals surface area (Å²) < 4.78 is 0. The second-order valence-corrected chi connectivity index (χ2v) is 8.43. The summed E-state index contributed by atoms with van der Waals surface area (Å²) >= 11 is 0. The number of fused-ring (bicyclic) bond motifs is 1. The summed E-state index contributed by atoms with van der Waals surface area (Å²) in [7, 11) is 0. The second kappa shape index (κ2) is 5.59. The number of nitrogens with zero attached hydrogens (tertiary/aromatic N) is 3. The van der Waals surface area contributed by atoms with Gasteiger partial charge in [-0.15, -0.1) is 0 Å². The van der Waals surface area contributed by atoms with Gasteiger partial charge in [-0.2, -0.15) is 5.26 Å². The fourth-order valence-corrected chi connectivity index (χ4v) is 4.71. The topological polar surface area (TPSA) is 73.4 Å². The first-order chi connectivity index (χ1) is 12.6. The van der Waals surface area contributed by atoms with Crippen LogP contribution < -0.4 is 10.6 Å². The Hall–Kier alpha value is -2.32. The molecule has 2 aliphatic carbocycles. The first-order valence-electron chi connectivity index (χ1n) is 9.65. The fourth-order valence-electron chi connectivity index (χ4n) is 4.71. The maximum absolute atomic E-state index is 12.6. The van der Waals surface area contributed by atoms with Crippen molar-refractivity contribution in [1.29, 1.82) is 5.26 Å². The number of rotatable bonds is 2. The molecule has 1 spiro atoms. The fraction of sp³-hybridized carbons (Fsp3) is 0.524. The van der Waals surface area contributed by atoms with Crippen molar-refractivity contribution in [3.63, 3.8) is 0 Å². The summed E-state index contributed by atoms with van der Waals surface area (Å²) in [5, 5.41) is 9.69. The van der Waals surface area contributed by atoms with E-state index in [0.29, 0.717) is 17.4 Å². The van der Waals surface area contributed by atoms with Gasteiger partial charge >= 0.3 is 0 Å². The Morgan fingerprint density at radius 1 is 1.12 bits per heavy atom. The van der Waals surface area contributed by atoms with E-state index in [2.05, 4.69) is 34.1 Å². The molecule has 0 aromatic heterocycles. The number of anilines is 1. The Kier molecular flexibility index (Phi) is 3.42. The Morgan fingerprint density at radius 3 is 2.46 bits per heavy atom. The molecule has 3 fully saturated rings. The molecular weight excluding hydrogens is 324 g/mol. The average Bonchev–Trinajstić information content (AvgIpc) is 3.37. The molecule has 0 radical (unpaired) electrons. The van der Waals surface area contributed by atoms with Crippen LogP contribution in [-0.2, 0) is 11.2 Å². The van der Waals surface area contributed by atoms with Crippen LogP contribution in [0, 0.1) is 16.7 Å². The van der Waals surface area contributed by atoms with E-state index in [1.807, 2.05) is 0 Å². The normalized spacial score (nSPS) is 24.4. The number of ketones is 1. The third kappa shape index (κ3) is 2.44. The maximum Gasteiger partial charge on any atom is 0.179 e. The minimum Gasteiger partial charge on any atom is -0.370 e. The molecule has 2 aliphatic heterocycles. The summed E-state index contributed by atoms with van der Waals surface area (Å²) in [4.78, 5) is 17.1. The molecule has 1 aromatic carbocycles. The zero-order valence-electron chi connectivity index (χ0n) is 15.0. The highest BCUT2D eigenvalue weighted by Gasteiger charge is 2.45. The van der Waals surface area contributed by atoms with Crippen LogP contribution in [0.15, 0.2) is 23.8 Å². The van der Waals surface area contributed by atoms with E-state index in [0.717, 1.165) is 48.7 Å². The van der Waals surface area contributed by atoms with Crippen molar-refractivity contribution in [1.82, 2.24) is 4.90 Å². The highest BCUT2D eigenvalue weighted by molar-refractivity contribution is 6.10. The van der Waals surface area contributed by atoms with Crippen LogP contribution in [-0.4, -0.2) is 42.9 Å². The predicted octanol–water partition coefficient (Wildman–Crippen LogP) is 2.07. The third-order valence-corrected chi connectivity index (χ3v) is 6.70. The average molecular weight is 348 g/mol. The van der Waals surface area contributed by atoms with Crippen LogP contribution in [0.1, 0.15) is 36.8 Å². The van der Waals surface area contributed by atoms with Gasteiger partial charge in [0.2, 0.25) is 0 Å². The number of carbonyl (C=O) groups excluding carboxylic acids is 1. The first kappa shape index (κ1) is 15.9. The molecule has 5 heteroatoms. The van der Waals surface area contributed by atoms with Crippen LogP contribution in [0.25, 0.3) is 5.70 Å². The van der Waals surface area contributed by atoms with Crippen molar-refractivity contribution in [3.05, 3.63) is 34.9 Å². The predicted molar refractivity (Wildman–Crippen MR) is 100 cm³/mol. The van der Waals surface area contributed by atoms with Crippen molar-refractivity contribution in [3.8, 4) is 6.07 Å². The summed E-state index contributed by atoms with van der Waals surface area (Å²) in [6, 6.07) is 8.78. The van der Waals surface area contributed by atoms with Crippen LogP contribution in [0.5, 0.6) is 0 Å². The van der Waals surface area contributed by atoms with Gasteiger partial charge in [-0.25, -0.2) is 0 Å². The molecule has 0 amide bonds. The zero-order valence-corrected chi connectivity index (χ0v) is 15.0. The molecule has 0 atom stereocenters. The minimum atomic E-state index is -0.0413. The molecule has 2 N–H and O–H groups in total. The Labute approximate surface area is 154 Å². The van der Waals surface area contributed by atoms with Gasteiger partial charge in [0.1, 0.15) is 11.6 Å². The van der Waals surface area contributed by atoms with E-state index >= 15 is 0 Å². The molecule has 5 nitrogen and oxygen atoms in total. The van der Waals surface area contributed by atoms with Gasteiger partial charge in [0.15, 0.2) is 5.78 Å². The van der Waals surface area contributed by atoms with Gasteiger partial charge in [0, 0.05) is 49.9 Å². The van der Waals surface area contributed by atoms with Crippen molar-refractivity contribution in [2.75, 3.05) is 31.1 Å². The quantitative estimate of drug-likeness (QED) is 0.886. The number of piperidine rings is 1. The molecular formula is C21H24N4O. The lowest BCUT2D eigenvalue weighted by Crippen LogP contribution is -2.55. The molecule has 0 bridgehead atoms. The monoisotopic (exact) mass is 348 g/mol. The molecule has 26 heavy (non-hydrogen) atoms. The minimum absolute atomic E-state index is 0.0413. The molecule has 134 valence electrons. The lowest BCUT2D eigenvalue weighted by molar-refractivity contribution is -0.114. The number of likely N-dealkylation sites (tertiary alicyclic amines) is 1. The van der Waals surface area contributed by atoms with Crippen molar-refractivity contribution >= 4 is 17.2 Å². The zero-order chi connectivity index (χ0) is 17.9. The van der Waals surface area contributed by atoms with E-state index in [1.54, 1.807) is 0 Å². The summed E-state index contributed by atoms with van der Waals surface area (Å²) in [5.74, 6) is -0.0413. The van der Waals surface area contributed by atoms with Crippen molar-refractivity contribution in [2.45, 2.75) is 38.1 Å². The Morgan fingerprint density at radius 2 is 1.85 bits per heavy atom. The highest BCUT2D eigenvalue weighted by Crippen LogP contribution is 2.54. The number of nitrogens with two attached hydrogens (primary N) is 1. The highest BCUT2D eigenvalue weighted by atomic mass is 16.1. The van der Waals surface area contributed by atoms with Crippen molar-refractivity contribution in [2.24, 2.45) is 11.1 Å². The third-order valence-electron chi connectivity index (χ3n) is 6.70. The van der Waals surface area contributed by atoms with E-state index in [4.69, 9.17) is 5.73 Å². The summed E-state index contributed by atoms with van der Waals surface area (Å²) in [5.41, 5.74) is 11.0. The molecule has 1 saturated carbocycles. The van der Waals surface area contributed by atoms with Gasteiger partial charge in [-0.1, -0.05) is 6.07 Å². The number of Topliss-reactive ketones (excluding diaryl/α,β-unsaturated/α-hetero) is 1. The van der Waals surface area contributed by atoms with E-state index in [-0.39, 0.29) is 11.8 Å². The number of carbonyl (C=O) groups is 1. The Bertz CT molecular complexity index is 845. The molecule has 2 heterocycles. The van der Waals surface area contributed by atoms with Crippen LogP contribution in [0.3, 0.4) is 0 Å². The SMILES string of the molecule is N#CC1=C(N2CCC3(CC2)CC3)c2cc(N3CC(N)C3)ccc2CC1=O. The van der Waals surface area contributed by atoms with E-state index in [1.165, 1.54) is 25.7 Å². The largest absolute Gasteiger partial charge is 0.370 e. The molecule has 1 aromatic rings. The lowest BCUT2D eigenvalue weighted by Gasteiger charge is -2.40. The van der Waals surface area contributed by atoms with Gasteiger partial charge in [-0.05, 0) is 48.8 Å². The van der Waals surface area contributed by atoms with Crippen molar-refractivity contribution < 1.29 is 4.79 Å². The Balaban J connectivity index is 1.53. The number of nitriles is 1. The summed E-state index contributed by atoms with van der Waals surface area (Å²) in [6.07, 6.45) is 5.39.